The number of aryl methyl sites for hydroxylation is 1. The lowest BCUT2D eigenvalue weighted by atomic mass is 10.1. The van der Waals surface area contributed by atoms with Crippen LogP contribution in [-0.2, 0) is 11.2 Å². The normalized spacial score (nSPS) is 16.1. The van der Waals surface area contributed by atoms with Gasteiger partial charge in [-0.25, -0.2) is 4.98 Å². The van der Waals surface area contributed by atoms with E-state index < -0.39 is 0 Å². The van der Waals surface area contributed by atoms with E-state index in [4.69, 9.17) is 4.42 Å². The Balaban J connectivity index is 1.48. The molecule has 0 atom stereocenters. The van der Waals surface area contributed by atoms with Gasteiger partial charge in [-0.2, -0.15) is 10.2 Å². The molecule has 0 radical (unpaired) electrons. The third kappa shape index (κ3) is 4.20. The lowest BCUT2D eigenvalue weighted by Crippen LogP contribution is -2.46. The number of fused-ring (bicyclic) bond motifs is 1. The van der Waals surface area contributed by atoms with Crippen molar-refractivity contribution in [2.24, 2.45) is 0 Å². The minimum atomic E-state index is 0.176. The Bertz CT molecular complexity index is 960. The Labute approximate surface area is 158 Å². The fourth-order valence-electron chi connectivity index (χ4n) is 3.34. The molecule has 0 N–H and O–H groups in total. The molecule has 0 saturated carbocycles. The number of carbonyl (C=O) groups excluding carboxylic acids is 1. The number of hydrogen-bond donors (Lipinski definition) is 0. The Kier molecular flexibility index (Phi) is 4.96. The predicted octanol–water partition coefficient (Wildman–Crippen LogP) is 1.95. The van der Waals surface area contributed by atoms with Crippen molar-refractivity contribution in [3.8, 4) is 11.3 Å². The van der Waals surface area contributed by atoms with Crippen LogP contribution in [0.25, 0.3) is 22.2 Å². The molecule has 1 saturated heterocycles. The van der Waals surface area contributed by atoms with Gasteiger partial charge >= 0.3 is 0 Å². The lowest BCUT2D eigenvalue weighted by Gasteiger charge is -2.31. The van der Waals surface area contributed by atoms with Crippen LogP contribution in [0.1, 0.15) is 11.6 Å². The number of likely N-dealkylation sites (N-methyl/N-ethyl adjacent to an activating group) is 1. The van der Waals surface area contributed by atoms with Gasteiger partial charge in [0.15, 0.2) is 17.4 Å². The molecule has 4 rings (SSSR count). The molecule has 27 heavy (non-hydrogen) atoms. The SMILES string of the molecule is Cc1ncc(-c2ccc3nnc(CC(=O)CN4CCN(C)CC4)cc3c2)o1. The molecule has 3 heterocycles. The zero-order chi connectivity index (χ0) is 18.8. The molecule has 1 aromatic carbocycles. The van der Waals surface area contributed by atoms with Crippen molar-refractivity contribution in [1.82, 2.24) is 25.0 Å². The molecule has 1 aliphatic heterocycles. The highest BCUT2D eigenvalue weighted by molar-refractivity contribution is 5.86. The van der Waals surface area contributed by atoms with Gasteiger partial charge in [0.1, 0.15) is 0 Å². The number of aromatic nitrogens is 3. The number of ketones is 1. The van der Waals surface area contributed by atoms with Crippen molar-refractivity contribution >= 4 is 16.7 Å². The number of piperazine rings is 1. The third-order valence-corrected chi connectivity index (χ3v) is 4.92. The minimum Gasteiger partial charge on any atom is -0.441 e. The molecule has 7 heteroatoms. The average molecular weight is 365 g/mol. The summed E-state index contributed by atoms with van der Waals surface area (Å²) in [6.07, 6.45) is 2.02. The van der Waals surface area contributed by atoms with Crippen LogP contribution in [0, 0.1) is 6.92 Å². The van der Waals surface area contributed by atoms with Gasteiger partial charge in [0.05, 0.1) is 30.4 Å². The number of benzene rings is 1. The first-order valence-electron chi connectivity index (χ1n) is 9.18. The Morgan fingerprint density at radius 3 is 2.70 bits per heavy atom. The van der Waals surface area contributed by atoms with Gasteiger partial charge in [0, 0.05) is 44.1 Å². The Morgan fingerprint density at radius 2 is 1.96 bits per heavy atom. The van der Waals surface area contributed by atoms with Crippen molar-refractivity contribution in [2.75, 3.05) is 39.8 Å². The summed E-state index contributed by atoms with van der Waals surface area (Å²) in [6.45, 7) is 6.18. The molecule has 1 aliphatic rings. The molecule has 140 valence electrons. The van der Waals surface area contributed by atoms with E-state index in [2.05, 4.69) is 32.0 Å². The van der Waals surface area contributed by atoms with Crippen LogP contribution in [0.3, 0.4) is 0 Å². The van der Waals surface area contributed by atoms with Crippen LogP contribution in [0.15, 0.2) is 34.9 Å². The zero-order valence-corrected chi connectivity index (χ0v) is 15.7. The van der Waals surface area contributed by atoms with E-state index in [1.165, 1.54) is 0 Å². The van der Waals surface area contributed by atoms with Crippen LogP contribution < -0.4 is 0 Å². The van der Waals surface area contributed by atoms with Crippen LogP contribution in [0.4, 0.5) is 0 Å². The van der Waals surface area contributed by atoms with Crippen LogP contribution >= 0.6 is 0 Å². The minimum absolute atomic E-state index is 0.176. The van der Waals surface area contributed by atoms with Crippen LogP contribution in [-0.4, -0.2) is 70.5 Å². The summed E-state index contributed by atoms with van der Waals surface area (Å²) in [4.78, 5) is 21.1. The van der Waals surface area contributed by atoms with Crippen LogP contribution in [0.5, 0.6) is 0 Å². The van der Waals surface area contributed by atoms with E-state index >= 15 is 0 Å². The molecule has 3 aromatic rings. The molecule has 1 fully saturated rings. The Hall–Kier alpha value is -2.64. The summed E-state index contributed by atoms with van der Waals surface area (Å²) in [5.41, 5.74) is 2.43. The molecule has 0 unspecified atom stereocenters. The quantitative estimate of drug-likeness (QED) is 0.684. The van der Waals surface area contributed by atoms with Gasteiger partial charge < -0.3 is 9.32 Å². The van der Waals surface area contributed by atoms with Crippen molar-refractivity contribution in [3.63, 3.8) is 0 Å². The molecule has 2 aromatic heterocycles. The summed E-state index contributed by atoms with van der Waals surface area (Å²) >= 11 is 0. The van der Waals surface area contributed by atoms with E-state index in [9.17, 15) is 4.79 Å². The van der Waals surface area contributed by atoms with Crippen molar-refractivity contribution in [1.29, 1.82) is 0 Å². The molecular weight excluding hydrogens is 342 g/mol. The lowest BCUT2D eigenvalue weighted by molar-refractivity contribution is -0.120. The number of hydrogen-bond acceptors (Lipinski definition) is 7. The predicted molar refractivity (Wildman–Crippen MR) is 102 cm³/mol. The summed E-state index contributed by atoms with van der Waals surface area (Å²) in [7, 11) is 2.11. The standard InChI is InChI=1S/C20H23N5O2/c1-14-21-12-20(27-14)15-3-4-19-16(9-15)10-17(22-23-19)11-18(26)13-25-7-5-24(2)6-8-25/h3-4,9-10,12H,5-8,11,13H2,1-2H3. The smallest absolute Gasteiger partial charge is 0.191 e. The van der Waals surface area contributed by atoms with Gasteiger partial charge in [-0.1, -0.05) is 0 Å². The van der Waals surface area contributed by atoms with E-state index in [-0.39, 0.29) is 5.78 Å². The average Bonchev–Trinajstić information content (AvgIpc) is 3.09. The maximum absolute atomic E-state index is 12.4. The summed E-state index contributed by atoms with van der Waals surface area (Å²) in [5.74, 6) is 1.53. The maximum Gasteiger partial charge on any atom is 0.191 e. The second kappa shape index (κ2) is 7.54. The third-order valence-electron chi connectivity index (χ3n) is 4.92. The van der Waals surface area contributed by atoms with E-state index in [0.29, 0.717) is 24.6 Å². The summed E-state index contributed by atoms with van der Waals surface area (Å²) in [6, 6.07) is 7.79. The number of Topliss-reactive ketones (excluding diaryl/α,β-unsaturated/α-hetero) is 1. The fraction of sp³-hybridized carbons (Fsp3) is 0.400. The molecule has 0 spiro atoms. The van der Waals surface area contributed by atoms with E-state index in [1.807, 2.05) is 31.2 Å². The highest BCUT2D eigenvalue weighted by atomic mass is 16.4. The molecule has 7 nitrogen and oxygen atoms in total. The van der Waals surface area contributed by atoms with Gasteiger partial charge in [0.2, 0.25) is 0 Å². The first kappa shape index (κ1) is 17.8. The highest BCUT2D eigenvalue weighted by Gasteiger charge is 2.17. The van der Waals surface area contributed by atoms with E-state index in [0.717, 1.165) is 48.4 Å². The van der Waals surface area contributed by atoms with Gasteiger partial charge in [-0.15, -0.1) is 0 Å². The number of carbonyl (C=O) groups is 1. The van der Waals surface area contributed by atoms with Gasteiger partial charge in [-0.3, -0.25) is 9.69 Å². The topological polar surface area (TPSA) is 75.4 Å². The number of oxazole rings is 1. The monoisotopic (exact) mass is 365 g/mol. The van der Waals surface area contributed by atoms with Gasteiger partial charge in [0.25, 0.3) is 0 Å². The molecular formula is C20H23N5O2. The van der Waals surface area contributed by atoms with Gasteiger partial charge in [-0.05, 0) is 31.3 Å². The van der Waals surface area contributed by atoms with E-state index in [1.54, 1.807) is 6.20 Å². The second-order valence-electron chi connectivity index (χ2n) is 7.15. The fourth-order valence-corrected chi connectivity index (χ4v) is 3.34. The first-order chi connectivity index (χ1) is 13.1. The second-order valence-corrected chi connectivity index (χ2v) is 7.15. The molecule has 0 bridgehead atoms. The number of rotatable bonds is 5. The van der Waals surface area contributed by atoms with Crippen LogP contribution in [0.2, 0.25) is 0 Å². The largest absolute Gasteiger partial charge is 0.441 e. The number of nitrogens with zero attached hydrogens (tertiary/aromatic N) is 5. The van der Waals surface area contributed by atoms with Crippen molar-refractivity contribution < 1.29 is 9.21 Å². The summed E-state index contributed by atoms with van der Waals surface area (Å²) in [5, 5.41) is 9.43. The highest BCUT2D eigenvalue weighted by Crippen LogP contribution is 2.24. The Morgan fingerprint density at radius 1 is 1.15 bits per heavy atom. The maximum atomic E-state index is 12.4. The van der Waals surface area contributed by atoms with Crippen molar-refractivity contribution in [2.45, 2.75) is 13.3 Å². The van der Waals surface area contributed by atoms with Crippen molar-refractivity contribution in [3.05, 3.63) is 42.0 Å². The summed E-state index contributed by atoms with van der Waals surface area (Å²) < 4.78 is 5.60. The zero-order valence-electron chi connectivity index (χ0n) is 15.7. The molecule has 0 aliphatic carbocycles. The first-order valence-corrected chi connectivity index (χ1v) is 9.18. The molecule has 0 amide bonds.